The Kier molecular flexibility index (Phi) is 62.1. The zero-order valence-corrected chi connectivity index (χ0v) is 50.6. The molecule has 0 amide bonds. The van der Waals surface area contributed by atoms with Crippen molar-refractivity contribution in [3.8, 4) is 0 Å². The summed E-state index contributed by atoms with van der Waals surface area (Å²) in [6.45, 7) is 6.69. The van der Waals surface area contributed by atoms with Crippen molar-refractivity contribution in [1.82, 2.24) is 0 Å². The summed E-state index contributed by atoms with van der Waals surface area (Å²) < 4.78 is 17.0. The van der Waals surface area contributed by atoms with Crippen molar-refractivity contribution < 1.29 is 28.6 Å². The van der Waals surface area contributed by atoms with Gasteiger partial charge < -0.3 is 14.2 Å². The molecule has 0 aromatic carbocycles. The first-order valence-corrected chi connectivity index (χ1v) is 33.5. The highest BCUT2D eigenvalue weighted by molar-refractivity contribution is 5.71. The summed E-state index contributed by atoms with van der Waals surface area (Å²) in [5, 5.41) is 0. The summed E-state index contributed by atoms with van der Waals surface area (Å²) in [6.07, 6.45) is 78.6. The Morgan fingerprint density at radius 3 is 0.747 bits per heavy atom. The van der Waals surface area contributed by atoms with E-state index in [1.807, 2.05) is 0 Å². The lowest BCUT2D eigenvalue weighted by atomic mass is 10.0. The Morgan fingerprint density at radius 1 is 0.267 bits per heavy atom. The van der Waals surface area contributed by atoms with Gasteiger partial charge >= 0.3 is 17.9 Å². The Balaban J connectivity index is 4.34. The fourth-order valence-corrected chi connectivity index (χ4v) is 10.1. The highest BCUT2D eigenvalue weighted by Crippen LogP contribution is 2.18. The summed E-state index contributed by atoms with van der Waals surface area (Å²) in [5.41, 5.74) is 0. The number of hydrogen-bond acceptors (Lipinski definition) is 6. The number of carbonyl (C=O) groups is 3. The monoisotopic (exact) mass is 1050 g/mol. The maximum atomic E-state index is 12.9. The Labute approximate surface area is 467 Å². The zero-order valence-electron chi connectivity index (χ0n) is 50.6. The highest BCUT2D eigenvalue weighted by atomic mass is 16.6. The predicted octanol–water partition coefficient (Wildman–Crippen LogP) is 22.8. The fourth-order valence-electron chi connectivity index (χ4n) is 10.1. The largest absolute Gasteiger partial charge is 0.462 e. The molecule has 0 aliphatic heterocycles. The van der Waals surface area contributed by atoms with E-state index in [2.05, 4.69) is 57.2 Å². The van der Waals surface area contributed by atoms with Gasteiger partial charge in [0.1, 0.15) is 13.2 Å². The van der Waals surface area contributed by atoms with Crippen LogP contribution in [0.2, 0.25) is 0 Å². The molecule has 0 aliphatic carbocycles. The van der Waals surface area contributed by atoms with Crippen LogP contribution in [0.4, 0.5) is 0 Å². The van der Waals surface area contributed by atoms with E-state index in [0.29, 0.717) is 19.3 Å². The maximum Gasteiger partial charge on any atom is 0.306 e. The lowest BCUT2D eigenvalue weighted by Crippen LogP contribution is -2.30. The third-order valence-electron chi connectivity index (χ3n) is 15.1. The fraction of sp³-hybridized carbons (Fsp3) is 0.870. The molecule has 0 saturated heterocycles. The normalized spacial score (nSPS) is 12.2. The summed E-state index contributed by atoms with van der Waals surface area (Å²) in [5.74, 6) is -0.855. The third-order valence-corrected chi connectivity index (χ3v) is 15.1. The molecule has 440 valence electrons. The van der Waals surface area contributed by atoms with Gasteiger partial charge in [-0.05, 0) is 57.8 Å². The van der Waals surface area contributed by atoms with Gasteiger partial charge in [0.2, 0.25) is 0 Å². The molecule has 0 rings (SSSR count). The minimum Gasteiger partial charge on any atom is -0.462 e. The van der Waals surface area contributed by atoms with Crippen LogP contribution >= 0.6 is 0 Å². The zero-order chi connectivity index (χ0) is 54.3. The molecule has 0 N–H and O–H groups in total. The van der Waals surface area contributed by atoms with Gasteiger partial charge in [0, 0.05) is 19.3 Å². The van der Waals surface area contributed by atoms with Crippen LogP contribution in [0, 0.1) is 0 Å². The number of rotatable bonds is 62. The SMILES string of the molecule is CCCCCCC/C=C\C/C=C\C/C=C\CCCCCCCCC(=O)OCC(COC(=O)CCCCCCCCCCCCCCCCCCCC)OC(=O)CCCCCCCCCCCCCCCCCCCC. The second-order valence-electron chi connectivity index (χ2n) is 22.7. The number of unbranched alkanes of at least 4 members (excludes halogenated alkanes) is 45. The van der Waals surface area contributed by atoms with Gasteiger partial charge in [-0.3, -0.25) is 14.4 Å². The van der Waals surface area contributed by atoms with Crippen LogP contribution in [0.5, 0.6) is 0 Å². The third kappa shape index (κ3) is 62.4. The van der Waals surface area contributed by atoms with E-state index >= 15 is 0 Å². The Bertz CT molecular complexity index is 1250. The van der Waals surface area contributed by atoms with Crippen LogP contribution in [0.15, 0.2) is 36.5 Å². The van der Waals surface area contributed by atoms with Gasteiger partial charge in [0.25, 0.3) is 0 Å². The molecule has 1 unspecified atom stereocenters. The van der Waals surface area contributed by atoms with E-state index in [1.165, 1.54) is 250 Å². The standard InChI is InChI=1S/C69H128O6/c1-4-7-10-13-16-19-22-25-28-31-34-35-36-39-41-44-47-50-53-56-59-62-68(71)74-65-66(75-69(72)63-60-57-54-51-48-45-42-38-33-30-27-24-21-18-15-12-9-6-3)64-73-67(70)61-58-55-52-49-46-43-40-37-32-29-26-23-20-17-14-11-8-5-2/h22,25,31,34,36,39,66H,4-21,23-24,26-30,32-33,35,37-38,40-65H2,1-3H3/b25-22-,34-31-,39-36-. The van der Waals surface area contributed by atoms with Crippen molar-refractivity contribution in [2.24, 2.45) is 0 Å². The van der Waals surface area contributed by atoms with Gasteiger partial charge in [-0.1, -0.05) is 327 Å². The summed E-state index contributed by atoms with van der Waals surface area (Å²) >= 11 is 0. The average molecular weight is 1050 g/mol. The second kappa shape index (κ2) is 64.2. The average Bonchev–Trinajstić information content (AvgIpc) is 3.41. The minimum atomic E-state index is -0.775. The molecule has 1 atom stereocenters. The van der Waals surface area contributed by atoms with E-state index < -0.39 is 6.10 Å². The van der Waals surface area contributed by atoms with Crippen LogP contribution in [-0.4, -0.2) is 37.2 Å². The van der Waals surface area contributed by atoms with Crippen molar-refractivity contribution in [1.29, 1.82) is 0 Å². The summed E-state index contributed by atoms with van der Waals surface area (Å²) in [4.78, 5) is 38.4. The van der Waals surface area contributed by atoms with Crippen LogP contribution < -0.4 is 0 Å². The van der Waals surface area contributed by atoms with Gasteiger partial charge in [0.05, 0.1) is 0 Å². The predicted molar refractivity (Wildman–Crippen MR) is 326 cm³/mol. The molecular formula is C69H128O6. The van der Waals surface area contributed by atoms with Crippen LogP contribution in [0.1, 0.15) is 367 Å². The molecule has 0 fully saturated rings. The van der Waals surface area contributed by atoms with Crippen molar-refractivity contribution in [2.75, 3.05) is 13.2 Å². The van der Waals surface area contributed by atoms with Crippen molar-refractivity contribution in [3.05, 3.63) is 36.5 Å². The number of allylic oxidation sites excluding steroid dienone is 6. The van der Waals surface area contributed by atoms with Crippen molar-refractivity contribution in [3.63, 3.8) is 0 Å². The number of esters is 3. The van der Waals surface area contributed by atoms with Crippen molar-refractivity contribution >= 4 is 17.9 Å². The molecule has 6 heteroatoms. The van der Waals surface area contributed by atoms with Crippen LogP contribution in [0.25, 0.3) is 0 Å². The molecule has 0 saturated carbocycles. The first-order valence-electron chi connectivity index (χ1n) is 33.5. The second-order valence-corrected chi connectivity index (χ2v) is 22.7. The van der Waals surface area contributed by atoms with Crippen LogP contribution in [-0.2, 0) is 28.6 Å². The first kappa shape index (κ1) is 72.6. The van der Waals surface area contributed by atoms with Gasteiger partial charge in [-0.15, -0.1) is 0 Å². The summed E-state index contributed by atoms with van der Waals surface area (Å²) in [6, 6.07) is 0. The lowest BCUT2D eigenvalue weighted by molar-refractivity contribution is -0.167. The smallest absolute Gasteiger partial charge is 0.306 e. The summed E-state index contributed by atoms with van der Waals surface area (Å²) in [7, 11) is 0. The highest BCUT2D eigenvalue weighted by Gasteiger charge is 2.19. The van der Waals surface area contributed by atoms with Gasteiger partial charge in [0.15, 0.2) is 6.10 Å². The van der Waals surface area contributed by atoms with E-state index in [1.54, 1.807) is 0 Å². The number of carbonyl (C=O) groups excluding carboxylic acids is 3. The maximum absolute atomic E-state index is 12.9. The van der Waals surface area contributed by atoms with Gasteiger partial charge in [-0.2, -0.15) is 0 Å². The molecule has 75 heavy (non-hydrogen) atoms. The number of hydrogen-bond donors (Lipinski definition) is 0. The molecule has 0 spiro atoms. The lowest BCUT2D eigenvalue weighted by Gasteiger charge is -2.18. The van der Waals surface area contributed by atoms with Gasteiger partial charge in [-0.25, -0.2) is 0 Å². The Morgan fingerprint density at radius 2 is 0.480 bits per heavy atom. The quantitative estimate of drug-likeness (QED) is 0.0261. The molecular weight excluding hydrogens is 925 g/mol. The first-order chi connectivity index (χ1) is 37.0. The number of ether oxygens (including phenoxy) is 3. The molecule has 0 aromatic rings. The van der Waals surface area contributed by atoms with E-state index in [4.69, 9.17) is 14.2 Å². The Hall–Kier alpha value is -2.37. The van der Waals surface area contributed by atoms with E-state index in [0.717, 1.165) is 77.0 Å². The molecule has 0 heterocycles. The van der Waals surface area contributed by atoms with E-state index in [-0.39, 0.29) is 31.1 Å². The van der Waals surface area contributed by atoms with Crippen molar-refractivity contribution in [2.45, 2.75) is 374 Å². The molecule has 0 aliphatic rings. The topological polar surface area (TPSA) is 78.9 Å². The van der Waals surface area contributed by atoms with E-state index in [9.17, 15) is 14.4 Å². The minimum absolute atomic E-state index is 0.0706. The molecule has 0 bridgehead atoms. The molecule has 0 radical (unpaired) electrons. The molecule has 6 nitrogen and oxygen atoms in total. The van der Waals surface area contributed by atoms with Crippen LogP contribution in [0.3, 0.4) is 0 Å². The molecule has 0 aromatic heterocycles.